The molecule has 0 aromatic heterocycles. The zero-order valence-corrected chi connectivity index (χ0v) is 22.1. The van der Waals surface area contributed by atoms with Crippen molar-refractivity contribution in [3.63, 3.8) is 0 Å². The normalized spacial score (nSPS) is 14.5. The molecule has 1 aliphatic rings. The third-order valence-corrected chi connectivity index (χ3v) is 11.0. The smallest absolute Gasteiger partial charge is 0.342 e. The summed E-state index contributed by atoms with van der Waals surface area (Å²) in [4.78, 5) is 24.4. The van der Waals surface area contributed by atoms with Gasteiger partial charge in [-0.3, -0.25) is 4.79 Å². The molecule has 0 radical (unpaired) electrons. The largest absolute Gasteiger partial charge is 0.543 e. The van der Waals surface area contributed by atoms with E-state index >= 15 is 0 Å². The summed E-state index contributed by atoms with van der Waals surface area (Å²) in [6, 6.07) is 0. The SMILES string of the molecule is COC(=O)CC/C(C)=C/Cc1c(OC)c(C)c2c(c1O[Si](C)(C)C(C)(C)C)C(=O)OCC2. The van der Waals surface area contributed by atoms with Crippen LogP contribution < -0.4 is 9.16 Å². The van der Waals surface area contributed by atoms with E-state index in [1.807, 2.05) is 13.8 Å². The molecule has 0 saturated carbocycles. The molecule has 6 nitrogen and oxygen atoms in total. The van der Waals surface area contributed by atoms with E-state index in [1.54, 1.807) is 7.11 Å². The van der Waals surface area contributed by atoms with Gasteiger partial charge in [-0.1, -0.05) is 32.4 Å². The van der Waals surface area contributed by atoms with Crippen LogP contribution in [0.3, 0.4) is 0 Å². The van der Waals surface area contributed by atoms with Crippen LogP contribution in [0.15, 0.2) is 11.6 Å². The Kier molecular flexibility index (Phi) is 8.20. The molecular formula is C25H38O6Si. The lowest BCUT2D eigenvalue weighted by atomic mass is 9.90. The van der Waals surface area contributed by atoms with Crippen molar-refractivity contribution in [3.8, 4) is 11.5 Å². The van der Waals surface area contributed by atoms with Gasteiger partial charge in [-0.2, -0.15) is 0 Å². The minimum Gasteiger partial charge on any atom is -0.543 e. The molecule has 1 aliphatic heterocycles. The molecule has 32 heavy (non-hydrogen) atoms. The van der Waals surface area contributed by atoms with Crippen molar-refractivity contribution in [3.05, 3.63) is 33.9 Å². The highest BCUT2D eigenvalue weighted by Gasteiger charge is 2.42. The number of allylic oxidation sites excluding steroid dienone is 2. The molecule has 0 amide bonds. The summed E-state index contributed by atoms with van der Waals surface area (Å²) in [6.07, 6.45) is 4.18. The number of esters is 2. The lowest BCUT2D eigenvalue weighted by Crippen LogP contribution is -2.44. The fourth-order valence-corrected chi connectivity index (χ4v) is 4.59. The van der Waals surface area contributed by atoms with Gasteiger partial charge >= 0.3 is 11.9 Å². The number of carbonyl (C=O) groups is 2. The second kappa shape index (κ2) is 10.1. The van der Waals surface area contributed by atoms with E-state index < -0.39 is 8.32 Å². The highest BCUT2D eigenvalue weighted by Crippen LogP contribution is 2.45. The highest BCUT2D eigenvalue weighted by molar-refractivity contribution is 6.74. The molecule has 0 N–H and O–H groups in total. The van der Waals surface area contributed by atoms with E-state index in [-0.39, 0.29) is 17.0 Å². The number of ether oxygens (including phenoxy) is 3. The Balaban J connectivity index is 2.62. The molecule has 0 fully saturated rings. The number of fused-ring (bicyclic) bond motifs is 1. The fourth-order valence-electron chi connectivity index (χ4n) is 3.55. The van der Waals surface area contributed by atoms with E-state index in [0.717, 1.165) is 28.0 Å². The van der Waals surface area contributed by atoms with Crippen molar-refractivity contribution in [1.29, 1.82) is 0 Å². The first kappa shape index (κ1) is 26.0. The van der Waals surface area contributed by atoms with E-state index in [4.69, 9.17) is 18.6 Å². The van der Waals surface area contributed by atoms with E-state index in [9.17, 15) is 9.59 Å². The van der Waals surface area contributed by atoms with Gasteiger partial charge in [0.25, 0.3) is 8.32 Å². The standard InChI is InChI=1S/C25H38O6Si/c1-16(11-13-20(26)28-6)10-12-19-22(29-7)17(2)18-14-15-30-24(27)21(18)23(19)31-32(8,9)25(3,4)5/h10H,11-15H2,1-9H3/b16-10+. The topological polar surface area (TPSA) is 71.1 Å². The lowest BCUT2D eigenvalue weighted by Gasteiger charge is -2.38. The summed E-state index contributed by atoms with van der Waals surface area (Å²) in [7, 11) is 0.795. The van der Waals surface area contributed by atoms with Crippen molar-refractivity contribution in [2.75, 3.05) is 20.8 Å². The van der Waals surface area contributed by atoms with Crippen LogP contribution >= 0.6 is 0 Å². The van der Waals surface area contributed by atoms with Crippen molar-refractivity contribution < 1.29 is 28.2 Å². The number of benzene rings is 1. The molecular weight excluding hydrogens is 424 g/mol. The third kappa shape index (κ3) is 5.55. The number of hydrogen-bond acceptors (Lipinski definition) is 6. The van der Waals surface area contributed by atoms with Crippen LogP contribution in [0.1, 0.15) is 67.6 Å². The quantitative estimate of drug-likeness (QED) is 0.287. The minimum absolute atomic E-state index is 0.0416. The summed E-state index contributed by atoms with van der Waals surface area (Å²) in [5.41, 5.74) is 4.35. The zero-order chi connectivity index (χ0) is 24.3. The van der Waals surface area contributed by atoms with Gasteiger partial charge in [0, 0.05) is 18.4 Å². The number of cyclic esters (lactones) is 1. The van der Waals surface area contributed by atoms with Gasteiger partial charge in [0.15, 0.2) is 0 Å². The van der Waals surface area contributed by atoms with Crippen LogP contribution in [-0.2, 0) is 27.1 Å². The predicted octanol–water partition coefficient (Wildman–Crippen LogP) is 5.54. The molecule has 0 bridgehead atoms. The Morgan fingerprint density at radius 2 is 1.81 bits per heavy atom. The molecule has 1 aromatic rings. The Hall–Kier alpha value is -2.28. The van der Waals surface area contributed by atoms with E-state index in [1.165, 1.54) is 7.11 Å². The average molecular weight is 463 g/mol. The monoisotopic (exact) mass is 462 g/mol. The van der Waals surface area contributed by atoms with E-state index in [2.05, 4.69) is 39.9 Å². The Bertz CT molecular complexity index is 908. The number of methoxy groups -OCH3 is 2. The van der Waals surface area contributed by atoms with Gasteiger partial charge in [0.2, 0.25) is 0 Å². The Labute approximate surface area is 193 Å². The Morgan fingerprint density at radius 1 is 1.16 bits per heavy atom. The number of carbonyl (C=O) groups excluding carboxylic acids is 2. The second-order valence-electron chi connectivity index (χ2n) is 9.90. The first-order chi connectivity index (χ1) is 14.8. The highest BCUT2D eigenvalue weighted by atomic mass is 28.4. The molecule has 7 heteroatoms. The maximum Gasteiger partial charge on any atom is 0.342 e. The van der Waals surface area contributed by atoms with Crippen LogP contribution in [0.25, 0.3) is 0 Å². The zero-order valence-electron chi connectivity index (χ0n) is 21.1. The summed E-state index contributed by atoms with van der Waals surface area (Å²) >= 11 is 0. The van der Waals surface area contributed by atoms with Crippen LogP contribution in [0.4, 0.5) is 0 Å². The molecule has 0 saturated heterocycles. The van der Waals surface area contributed by atoms with Gasteiger partial charge in [0.05, 0.1) is 20.8 Å². The van der Waals surface area contributed by atoms with Gasteiger partial charge in [0.1, 0.15) is 17.1 Å². The van der Waals surface area contributed by atoms with Crippen LogP contribution in [0, 0.1) is 6.92 Å². The summed E-state index contributed by atoms with van der Waals surface area (Å²) in [6.45, 7) is 15.2. The molecule has 0 spiro atoms. The second-order valence-corrected chi connectivity index (χ2v) is 14.6. The maximum atomic E-state index is 12.9. The summed E-state index contributed by atoms with van der Waals surface area (Å²) in [5.74, 6) is 0.781. The molecule has 1 heterocycles. The molecule has 2 rings (SSSR count). The van der Waals surface area contributed by atoms with Crippen LogP contribution in [0.2, 0.25) is 18.1 Å². The fraction of sp³-hybridized carbons (Fsp3) is 0.600. The van der Waals surface area contributed by atoms with Crippen molar-refractivity contribution in [1.82, 2.24) is 0 Å². The summed E-state index contributed by atoms with van der Waals surface area (Å²) in [5, 5.41) is -0.0416. The molecule has 1 aromatic carbocycles. The maximum absolute atomic E-state index is 12.9. The van der Waals surface area contributed by atoms with Gasteiger partial charge in [-0.25, -0.2) is 4.79 Å². The summed E-state index contributed by atoms with van der Waals surface area (Å²) < 4.78 is 22.8. The van der Waals surface area contributed by atoms with Crippen LogP contribution in [-0.4, -0.2) is 41.1 Å². The first-order valence-electron chi connectivity index (χ1n) is 11.1. The average Bonchev–Trinajstić information content (AvgIpc) is 2.71. The van der Waals surface area contributed by atoms with Gasteiger partial charge < -0.3 is 18.6 Å². The lowest BCUT2D eigenvalue weighted by molar-refractivity contribution is -0.140. The van der Waals surface area contributed by atoms with Crippen LogP contribution in [0.5, 0.6) is 11.5 Å². The predicted molar refractivity (Wildman–Crippen MR) is 128 cm³/mol. The molecule has 0 atom stereocenters. The number of hydrogen-bond donors (Lipinski definition) is 0. The van der Waals surface area contributed by atoms with Crippen molar-refractivity contribution in [2.24, 2.45) is 0 Å². The Morgan fingerprint density at radius 3 is 2.38 bits per heavy atom. The van der Waals surface area contributed by atoms with Gasteiger partial charge in [-0.05, 0) is 55.9 Å². The van der Waals surface area contributed by atoms with Gasteiger partial charge in [-0.15, -0.1) is 0 Å². The number of rotatable bonds is 8. The molecule has 0 unspecified atom stereocenters. The molecule has 0 aliphatic carbocycles. The van der Waals surface area contributed by atoms with Crippen molar-refractivity contribution in [2.45, 2.75) is 78.4 Å². The van der Waals surface area contributed by atoms with E-state index in [0.29, 0.717) is 43.6 Å². The third-order valence-electron chi connectivity index (χ3n) is 6.63. The first-order valence-corrected chi connectivity index (χ1v) is 14.1. The molecule has 178 valence electrons. The minimum atomic E-state index is -2.26. The van der Waals surface area contributed by atoms with Crippen molar-refractivity contribution >= 4 is 20.3 Å².